The van der Waals surface area contributed by atoms with Crippen LogP contribution in [0.4, 0.5) is 0 Å². The van der Waals surface area contributed by atoms with Crippen molar-refractivity contribution >= 4 is 11.8 Å². The van der Waals surface area contributed by atoms with Gasteiger partial charge in [-0.25, -0.2) is 0 Å². The molecule has 1 aromatic rings. The number of hydrogen-bond donors (Lipinski definition) is 3. The second-order valence-corrected chi connectivity index (χ2v) is 2.90. The van der Waals surface area contributed by atoms with Gasteiger partial charge in [0.2, 0.25) is 0 Å². The molecule has 0 atom stereocenters. The molecule has 0 unspecified atom stereocenters. The molecule has 5 heteroatoms. The van der Waals surface area contributed by atoms with Crippen LogP contribution in [-0.2, 0) is 15.1 Å². The van der Waals surface area contributed by atoms with E-state index in [0.29, 0.717) is 5.56 Å². The molecule has 1 rings (SSSR count). The second-order valence-electron chi connectivity index (χ2n) is 2.90. The van der Waals surface area contributed by atoms with E-state index in [1.165, 1.54) is 12.1 Å². The maximum absolute atomic E-state index is 11.1. The van der Waals surface area contributed by atoms with Crippen LogP contribution in [0.2, 0.25) is 0 Å². The highest BCUT2D eigenvalue weighted by Gasteiger charge is 2.40. The standard InChI is InChI=1S/C9H11N3O2/c10-7(13)9(12,8(11)14)6-4-2-1-3-5-6/h1-5H,12H2,(H2,10,13)(H2,11,14). The van der Waals surface area contributed by atoms with Crippen LogP contribution in [0.1, 0.15) is 5.56 Å². The summed E-state index contributed by atoms with van der Waals surface area (Å²) in [5.74, 6) is -1.92. The van der Waals surface area contributed by atoms with Crippen molar-refractivity contribution < 1.29 is 9.59 Å². The SMILES string of the molecule is NC(=O)C(N)(C(N)=O)c1ccccc1. The zero-order valence-corrected chi connectivity index (χ0v) is 7.44. The van der Waals surface area contributed by atoms with Crippen LogP contribution in [0.5, 0.6) is 0 Å². The lowest BCUT2D eigenvalue weighted by molar-refractivity contribution is -0.133. The fourth-order valence-corrected chi connectivity index (χ4v) is 1.11. The van der Waals surface area contributed by atoms with Gasteiger partial charge in [0.1, 0.15) is 0 Å². The minimum absolute atomic E-state index is 0.292. The quantitative estimate of drug-likeness (QED) is 0.524. The first-order valence-electron chi connectivity index (χ1n) is 3.93. The molecule has 0 bridgehead atoms. The van der Waals surface area contributed by atoms with Gasteiger partial charge in [0, 0.05) is 0 Å². The van der Waals surface area contributed by atoms with Crippen molar-refractivity contribution in [1.82, 2.24) is 0 Å². The third-order valence-electron chi connectivity index (χ3n) is 2.01. The van der Waals surface area contributed by atoms with Crippen molar-refractivity contribution in [2.75, 3.05) is 0 Å². The third kappa shape index (κ3) is 1.45. The summed E-state index contributed by atoms with van der Waals surface area (Å²) in [5, 5.41) is 0. The Hall–Kier alpha value is -1.88. The van der Waals surface area contributed by atoms with Crippen molar-refractivity contribution in [2.45, 2.75) is 5.54 Å². The Morgan fingerprint density at radius 1 is 1.00 bits per heavy atom. The average molecular weight is 193 g/mol. The Kier molecular flexibility index (Phi) is 2.53. The predicted molar refractivity (Wildman–Crippen MR) is 50.7 cm³/mol. The van der Waals surface area contributed by atoms with Gasteiger partial charge in [0.05, 0.1) is 0 Å². The number of carbonyl (C=O) groups is 2. The van der Waals surface area contributed by atoms with Crippen LogP contribution in [-0.4, -0.2) is 11.8 Å². The number of amides is 2. The molecular formula is C9H11N3O2. The largest absolute Gasteiger partial charge is 0.367 e. The van der Waals surface area contributed by atoms with Gasteiger partial charge in [-0.05, 0) is 5.56 Å². The summed E-state index contributed by atoms with van der Waals surface area (Å²) in [6.45, 7) is 0. The summed E-state index contributed by atoms with van der Waals surface area (Å²) in [5.41, 5.74) is 14.0. The van der Waals surface area contributed by atoms with E-state index in [1.54, 1.807) is 18.2 Å². The van der Waals surface area contributed by atoms with Crippen LogP contribution in [0.15, 0.2) is 30.3 Å². The van der Waals surface area contributed by atoms with E-state index in [2.05, 4.69) is 0 Å². The molecule has 0 aliphatic carbocycles. The summed E-state index contributed by atoms with van der Waals surface area (Å²) in [6, 6.07) is 8.06. The number of benzene rings is 1. The molecule has 0 saturated heterocycles. The average Bonchev–Trinajstić information content (AvgIpc) is 2.17. The monoisotopic (exact) mass is 193 g/mol. The Labute approximate surface area is 80.9 Å². The first-order chi connectivity index (χ1) is 6.49. The van der Waals surface area contributed by atoms with E-state index in [9.17, 15) is 9.59 Å². The maximum Gasteiger partial charge on any atom is 0.251 e. The van der Waals surface area contributed by atoms with Gasteiger partial charge in [0.25, 0.3) is 11.8 Å². The molecule has 0 radical (unpaired) electrons. The van der Waals surface area contributed by atoms with Crippen LogP contribution in [0.3, 0.4) is 0 Å². The van der Waals surface area contributed by atoms with E-state index in [4.69, 9.17) is 17.2 Å². The zero-order valence-electron chi connectivity index (χ0n) is 7.44. The number of nitrogens with two attached hydrogens (primary N) is 3. The minimum atomic E-state index is -1.93. The Balaban J connectivity index is 3.27. The minimum Gasteiger partial charge on any atom is -0.367 e. The fraction of sp³-hybridized carbons (Fsp3) is 0.111. The van der Waals surface area contributed by atoms with E-state index in [-0.39, 0.29) is 0 Å². The molecule has 0 saturated carbocycles. The predicted octanol–water partition coefficient (Wildman–Crippen LogP) is -1.19. The summed E-state index contributed by atoms with van der Waals surface area (Å²) in [4.78, 5) is 22.1. The number of primary amides is 2. The van der Waals surface area contributed by atoms with Crippen molar-refractivity contribution in [3.8, 4) is 0 Å². The van der Waals surface area contributed by atoms with Crippen molar-refractivity contribution in [1.29, 1.82) is 0 Å². The molecule has 2 amide bonds. The molecule has 1 aromatic carbocycles. The lowest BCUT2D eigenvalue weighted by Crippen LogP contribution is -2.58. The number of rotatable bonds is 3. The molecule has 0 heterocycles. The van der Waals surface area contributed by atoms with Crippen molar-refractivity contribution in [2.24, 2.45) is 17.2 Å². The van der Waals surface area contributed by atoms with E-state index >= 15 is 0 Å². The highest BCUT2D eigenvalue weighted by atomic mass is 16.2. The number of hydrogen-bond acceptors (Lipinski definition) is 3. The van der Waals surface area contributed by atoms with Gasteiger partial charge < -0.3 is 17.2 Å². The molecular weight excluding hydrogens is 182 g/mol. The van der Waals surface area contributed by atoms with Crippen LogP contribution < -0.4 is 17.2 Å². The van der Waals surface area contributed by atoms with E-state index in [1.807, 2.05) is 0 Å². The van der Waals surface area contributed by atoms with E-state index in [0.717, 1.165) is 0 Å². The molecule has 14 heavy (non-hydrogen) atoms. The molecule has 6 N–H and O–H groups in total. The first-order valence-corrected chi connectivity index (χ1v) is 3.93. The molecule has 0 aliphatic heterocycles. The summed E-state index contributed by atoms with van der Waals surface area (Å²) in [7, 11) is 0. The van der Waals surface area contributed by atoms with Crippen molar-refractivity contribution in [3.63, 3.8) is 0 Å². The van der Waals surface area contributed by atoms with Crippen LogP contribution in [0.25, 0.3) is 0 Å². The van der Waals surface area contributed by atoms with Gasteiger partial charge >= 0.3 is 0 Å². The van der Waals surface area contributed by atoms with Gasteiger partial charge in [-0.3, -0.25) is 9.59 Å². The van der Waals surface area contributed by atoms with Gasteiger partial charge in [0.15, 0.2) is 5.54 Å². The van der Waals surface area contributed by atoms with Crippen LogP contribution >= 0.6 is 0 Å². The molecule has 0 fully saturated rings. The summed E-state index contributed by atoms with van der Waals surface area (Å²) >= 11 is 0. The molecule has 5 nitrogen and oxygen atoms in total. The second kappa shape index (κ2) is 3.47. The smallest absolute Gasteiger partial charge is 0.251 e. The van der Waals surface area contributed by atoms with Gasteiger partial charge in [-0.15, -0.1) is 0 Å². The van der Waals surface area contributed by atoms with Crippen LogP contribution in [0, 0.1) is 0 Å². The highest BCUT2D eigenvalue weighted by Crippen LogP contribution is 2.16. The van der Waals surface area contributed by atoms with E-state index < -0.39 is 17.4 Å². The lowest BCUT2D eigenvalue weighted by atomic mass is 9.89. The topological polar surface area (TPSA) is 112 Å². The van der Waals surface area contributed by atoms with Crippen molar-refractivity contribution in [3.05, 3.63) is 35.9 Å². The normalized spacial score (nSPS) is 10.9. The lowest BCUT2D eigenvalue weighted by Gasteiger charge is -2.22. The Morgan fingerprint density at radius 2 is 1.43 bits per heavy atom. The van der Waals surface area contributed by atoms with Gasteiger partial charge in [-0.1, -0.05) is 30.3 Å². The summed E-state index contributed by atoms with van der Waals surface area (Å²) in [6.07, 6.45) is 0. The molecule has 0 aromatic heterocycles. The third-order valence-corrected chi connectivity index (χ3v) is 2.01. The molecule has 0 spiro atoms. The fourth-order valence-electron chi connectivity index (χ4n) is 1.11. The maximum atomic E-state index is 11.1. The molecule has 0 aliphatic rings. The van der Waals surface area contributed by atoms with Gasteiger partial charge in [-0.2, -0.15) is 0 Å². The highest BCUT2D eigenvalue weighted by molar-refractivity contribution is 6.08. The Morgan fingerprint density at radius 3 is 1.79 bits per heavy atom. The summed E-state index contributed by atoms with van der Waals surface area (Å²) < 4.78 is 0. The first kappa shape index (κ1) is 10.2. The Bertz CT molecular complexity index is 348. The molecule has 74 valence electrons. The zero-order chi connectivity index (χ0) is 10.8. The number of carbonyl (C=O) groups excluding carboxylic acids is 2.